The van der Waals surface area contributed by atoms with Gasteiger partial charge >= 0.3 is 0 Å². The van der Waals surface area contributed by atoms with Crippen LogP contribution >= 0.6 is 0 Å². The number of carbonyl (C=O) groups excluding carboxylic acids is 2. The normalized spacial score (nSPS) is 23.0. The fourth-order valence-electron chi connectivity index (χ4n) is 3.67. The fourth-order valence-corrected chi connectivity index (χ4v) is 3.67. The van der Waals surface area contributed by atoms with E-state index < -0.39 is 0 Å². The number of hydrogen-bond donors (Lipinski definition) is 1. The van der Waals surface area contributed by atoms with Gasteiger partial charge in [0, 0.05) is 38.2 Å². The Morgan fingerprint density at radius 3 is 2.36 bits per heavy atom. The Labute approximate surface area is 152 Å². The maximum absolute atomic E-state index is 12.9. The molecule has 2 aliphatic rings. The quantitative estimate of drug-likeness (QED) is 0.762. The molecule has 2 N–H and O–H groups in total. The van der Waals surface area contributed by atoms with Crippen molar-refractivity contribution in [2.45, 2.75) is 59.0 Å². The van der Waals surface area contributed by atoms with E-state index >= 15 is 0 Å². The van der Waals surface area contributed by atoms with Crippen molar-refractivity contribution in [1.82, 2.24) is 9.80 Å². The Kier molecular flexibility index (Phi) is 7.25. The summed E-state index contributed by atoms with van der Waals surface area (Å²) in [5, 5.41) is 0. The SMILES string of the molecule is CC(C)(C)C(=O)N1CCCC(C(=O)N2CCC(OCCCN)CC2)C1. The summed E-state index contributed by atoms with van der Waals surface area (Å²) in [6.45, 7) is 10.1. The summed E-state index contributed by atoms with van der Waals surface area (Å²) in [5.41, 5.74) is 5.10. The van der Waals surface area contributed by atoms with E-state index in [4.69, 9.17) is 10.5 Å². The van der Waals surface area contributed by atoms with Gasteiger partial charge in [-0.2, -0.15) is 0 Å². The Balaban J connectivity index is 1.82. The average molecular weight is 354 g/mol. The summed E-state index contributed by atoms with van der Waals surface area (Å²) in [6, 6.07) is 0. The molecule has 0 radical (unpaired) electrons. The molecule has 0 aliphatic carbocycles. The van der Waals surface area contributed by atoms with Crippen LogP contribution in [0.3, 0.4) is 0 Å². The minimum Gasteiger partial charge on any atom is -0.378 e. The molecule has 0 saturated carbocycles. The third-order valence-corrected chi connectivity index (χ3v) is 5.16. The molecule has 0 bridgehead atoms. The summed E-state index contributed by atoms with van der Waals surface area (Å²) in [6.07, 6.45) is 4.73. The molecule has 6 nitrogen and oxygen atoms in total. The van der Waals surface area contributed by atoms with Crippen molar-refractivity contribution in [2.24, 2.45) is 17.1 Å². The first-order chi connectivity index (χ1) is 11.8. The molecular formula is C19H35N3O3. The van der Waals surface area contributed by atoms with E-state index in [1.54, 1.807) is 0 Å². The molecule has 1 unspecified atom stereocenters. The summed E-state index contributed by atoms with van der Waals surface area (Å²) in [4.78, 5) is 29.2. The minimum absolute atomic E-state index is 0.0465. The summed E-state index contributed by atoms with van der Waals surface area (Å²) in [5.74, 6) is 0.318. The van der Waals surface area contributed by atoms with Crippen LogP contribution in [0.5, 0.6) is 0 Å². The molecule has 2 saturated heterocycles. The molecule has 2 amide bonds. The fraction of sp³-hybridized carbons (Fsp3) is 0.895. The molecule has 0 spiro atoms. The second-order valence-corrected chi connectivity index (χ2v) is 8.38. The van der Waals surface area contributed by atoms with E-state index in [2.05, 4.69) is 0 Å². The van der Waals surface area contributed by atoms with Crippen LogP contribution in [0.4, 0.5) is 0 Å². The Hall–Kier alpha value is -1.14. The molecule has 144 valence electrons. The lowest BCUT2D eigenvalue weighted by Gasteiger charge is -2.39. The van der Waals surface area contributed by atoms with Crippen molar-refractivity contribution in [1.29, 1.82) is 0 Å². The standard InChI is InChI=1S/C19H35N3O3/c1-19(2,3)18(24)22-10-4-6-15(14-22)17(23)21-11-7-16(8-12-21)25-13-5-9-20/h15-16H,4-14,20H2,1-3H3. The molecule has 2 fully saturated rings. The predicted molar refractivity (Wildman–Crippen MR) is 98.0 cm³/mol. The van der Waals surface area contributed by atoms with Crippen LogP contribution in [0.1, 0.15) is 52.9 Å². The van der Waals surface area contributed by atoms with Gasteiger partial charge in [0.25, 0.3) is 0 Å². The Bertz CT molecular complexity index is 453. The van der Waals surface area contributed by atoms with Gasteiger partial charge in [0.1, 0.15) is 0 Å². The first kappa shape index (κ1) is 20.2. The molecule has 2 rings (SSSR count). The highest BCUT2D eigenvalue weighted by molar-refractivity contribution is 5.84. The molecule has 6 heteroatoms. The lowest BCUT2D eigenvalue weighted by Crippen LogP contribution is -2.51. The summed E-state index contributed by atoms with van der Waals surface area (Å²) < 4.78 is 5.81. The maximum atomic E-state index is 12.9. The van der Waals surface area contributed by atoms with Crippen molar-refractivity contribution in [3.8, 4) is 0 Å². The van der Waals surface area contributed by atoms with Crippen LogP contribution < -0.4 is 5.73 Å². The van der Waals surface area contributed by atoms with Gasteiger partial charge in [0.2, 0.25) is 11.8 Å². The van der Waals surface area contributed by atoms with Crippen molar-refractivity contribution in [2.75, 3.05) is 39.3 Å². The number of nitrogens with zero attached hydrogens (tertiary/aromatic N) is 2. The number of rotatable bonds is 5. The van der Waals surface area contributed by atoms with Crippen molar-refractivity contribution >= 4 is 11.8 Å². The first-order valence-corrected chi connectivity index (χ1v) is 9.72. The summed E-state index contributed by atoms with van der Waals surface area (Å²) in [7, 11) is 0. The van der Waals surface area contributed by atoms with Crippen LogP contribution in [-0.4, -0.2) is 67.0 Å². The molecule has 0 aromatic heterocycles. The van der Waals surface area contributed by atoms with Gasteiger partial charge in [-0.15, -0.1) is 0 Å². The van der Waals surface area contributed by atoms with E-state index in [1.807, 2.05) is 30.6 Å². The number of nitrogens with two attached hydrogens (primary N) is 1. The van der Waals surface area contributed by atoms with Gasteiger partial charge in [-0.25, -0.2) is 0 Å². The third kappa shape index (κ3) is 5.68. The lowest BCUT2D eigenvalue weighted by molar-refractivity contribution is -0.146. The van der Waals surface area contributed by atoms with Gasteiger partial charge in [0.05, 0.1) is 12.0 Å². The average Bonchev–Trinajstić information content (AvgIpc) is 2.60. The van der Waals surface area contributed by atoms with E-state index in [1.165, 1.54) is 0 Å². The van der Waals surface area contributed by atoms with Crippen molar-refractivity contribution in [3.63, 3.8) is 0 Å². The van der Waals surface area contributed by atoms with Gasteiger partial charge in [-0.1, -0.05) is 20.8 Å². The number of piperidine rings is 2. The topological polar surface area (TPSA) is 75.9 Å². The molecule has 25 heavy (non-hydrogen) atoms. The highest BCUT2D eigenvalue weighted by atomic mass is 16.5. The minimum atomic E-state index is -0.385. The highest BCUT2D eigenvalue weighted by Gasteiger charge is 2.35. The van der Waals surface area contributed by atoms with Crippen LogP contribution in [0.25, 0.3) is 0 Å². The largest absolute Gasteiger partial charge is 0.378 e. The van der Waals surface area contributed by atoms with E-state index in [0.717, 1.165) is 51.7 Å². The smallest absolute Gasteiger partial charge is 0.227 e. The molecule has 2 aliphatic heterocycles. The first-order valence-electron chi connectivity index (χ1n) is 9.72. The molecule has 0 aromatic rings. The molecule has 1 atom stereocenters. The second kappa shape index (κ2) is 8.99. The van der Waals surface area contributed by atoms with Gasteiger partial charge in [-0.3, -0.25) is 9.59 Å². The van der Waals surface area contributed by atoms with Gasteiger partial charge in [0.15, 0.2) is 0 Å². The zero-order valence-electron chi connectivity index (χ0n) is 16.1. The zero-order chi connectivity index (χ0) is 18.4. The maximum Gasteiger partial charge on any atom is 0.227 e. The van der Waals surface area contributed by atoms with Crippen LogP contribution in [0.2, 0.25) is 0 Å². The third-order valence-electron chi connectivity index (χ3n) is 5.16. The Morgan fingerprint density at radius 2 is 1.76 bits per heavy atom. The zero-order valence-corrected chi connectivity index (χ0v) is 16.1. The monoisotopic (exact) mass is 353 g/mol. The van der Waals surface area contributed by atoms with Crippen molar-refractivity contribution < 1.29 is 14.3 Å². The Morgan fingerprint density at radius 1 is 1.08 bits per heavy atom. The van der Waals surface area contributed by atoms with Gasteiger partial charge < -0.3 is 20.3 Å². The number of ether oxygens (including phenoxy) is 1. The number of likely N-dealkylation sites (tertiary alicyclic amines) is 2. The van der Waals surface area contributed by atoms with Crippen LogP contribution in [0.15, 0.2) is 0 Å². The number of hydrogen-bond acceptors (Lipinski definition) is 4. The van der Waals surface area contributed by atoms with Crippen LogP contribution in [-0.2, 0) is 14.3 Å². The number of carbonyl (C=O) groups is 2. The molecule has 2 heterocycles. The van der Waals surface area contributed by atoms with Gasteiger partial charge in [-0.05, 0) is 38.6 Å². The number of amides is 2. The van der Waals surface area contributed by atoms with E-state index in [9.17, 15) is 9.59 Å². The summed E-state index contributed by atoms with van der Waals surface area (Å²) >= 11 is 0. The highest BCUT2D eigenvalue weighted by Crippen LogP contribution is 2.26. The lowest BCUT2D eigenvalue weighted by atomic mass is 9.90. The molecule has 0 aromatic carbocycles. The van der Waals surface area contributed by atoms with Crippen molar-refractivity contribution in [3.05, 3.63) is 0 Å². The van der Waals surface area contributed by atoms with E-state index in [0.29, 0.717) is 19.7 Å². The predicted octanol–water partition coefficient (Wildman–Crippen LogP) is 1.63. The molecular weight excluding hydrogens is 318 g/mol. The van der Waals surface area contributed by atoms with Crippen LogP contribution in [0, 0.1) is 11.3 Å². The van der Waals surface area contributed by atoms with E-state index in [-0.39, 0.29) is 29.3 Å². The second-order valence-electron chi connectivity index (χ2n) is 8.38.